The van der Waals surface area contributed by atoms with E-state index in [0.717, 1.165) is 47.6 Å². The Kier molecular flexibility index (Phi) is 6.15. The lowest BCUT2D eigenvalue weighted by Gasteiger charge is -2.37. The molecule has 3 N–H and O–H groups in total. The SMILES string of the molecule is Cc1[nH]nc2ccc(-c3nnc(NC(C)c4ccccc4)c(N4CCNC(C(C)C)C4)n3)cc12. The van der Waals surface area contributed by atoms with E-state index in [2.05, 4.69) is 87.0 Å². The number of hydrogen-bond donors (Lipinski definition) is 3. The van der Waals surface area contributed by atoms with Crippen molar-refractivity contribution in [3.63, 3.8) is 0 Å². The Morgan fingerprint density at radius 3 is 2.68 bits per heavy atom. The van der Waals surface area contributed by atoms with Gasteiger partial charge < -0.3 is 15.5 Å². The van der Waals surface area contributed by atoms with Gasteiger partial charge in [-0.25, -0.2) is 4.98 Å². The van der Waals surface area contributed by atoms with E-state index in [1.165, 1.54) is 5.56 Å². The van der Waals surface area contributed by atoms with Crippen LogP contribution in [0.5, 0.6) is 0 Å². The predicted molar refractivity (Wildman–Crippen MR) is 137 cm³/mol. The first-order chi connectivity index (χ1) is 16.5. The monoisotopic (exact) mass is 456 g/mol. The zero-order chi connectivity index (χ0) is 23.7. The standard InChI is InChI=1S/C26H32N8/c1-16(2)23-15-34(13-12-27-23)26-25(28-17(3)19-8-6-5-7-9-19)33-32-24(29-26)20-10-11-22-21(14-20)18(4)30-31-22/h5-11,14,16-17,23,27H,12-13,15H2,1-4H3,(H,28,33)(H,30,31). The van der Waals surface area contributed by atoms with Gasteiger partial charge in [0.2, 0.25) is 0 Å². The normalized spacial score (nSPS) is 17.3. The molecule has 0 aliphatic carbocycles. The summed E-state index contributed by atoms with van der Waals surface area (Å²) in [6.45, 7) is 11.3. The van der Waals surface area contributed by atoms with Crippen LogP contribution in [0.4, 0.5) is 11.6 Å². The first kappa shape index (κ1) is 22.3. The number of rotatable bonds is 6. The molecule has 3 heterocycles. The second kappa shape index (κ2) is 9.38. The number of hydrogen-bond acceptors (Lipinski definition) is 7. The molecule has 5 rings (SSSR count). The van der Waals surface area contributed by atoms with Crippen molar-refractivity contribution < 1.29 is 0 Å². The Morgan fingerprint density at radius 1 is 1.06 bits per heavy atom. The van der Waals surface area contributed by atoms with Gasteiger partial charge in [0, 0.05) is 42.3 Å². The van der Waals surface area contributed by atoms with Crippen LogP contribution in [0.2, 0.25) is 0 Å². The van der Waals surface area contributed by atoms with Crippen molar-refractivity contribution in [1.82, 2.24) is 30.7 Å². The molecule has 176 valence electrons. The molecule has 2 aromatic heterocycles. The fraction of sp³-hybridized carbons (Fsp3) is 0.385. The quantitative estimate of drug-likeness (QED) is 0.397. The van der Waals surface area contributed by atoms with Gasteiger partial charge in [-0.1, -0.05) is 44.2 Å². The topological polar surface area (TPSA) is 94.6 Å². The summed E-state index contributed by atoms with van der Waals surface area (Å²) in [6, 6.07) is 17.0. The van der Waals surface area contributed by atoms with Gasteiger partial charge >= 0.3 is 0 Å². The largest absolute Gasteiger partial charge is 0.359 e. The second-order valence-electron chi connectivity index (χ2n) is 9.42. The van der Waals surface area contributed by atoms with Crippen molar-refractivity contribution >= 4 is 22.5 Å². The third-order valence-corrected chi connectivity index (χ3v) is 6.63. The fourth-order valence-electron chi connectivity index (χ4n) is 4.48. The Bertz CT molecular complexity index is 1270. The highest BCUT2D eigenvalue weighted by atomic mass is 15.3. The molecule has 34 heavy (non-hydrogen) atoms. The number of nitrogens with one attached hydrogen (secondary N) is 3. The van der Waals surface area contributed by atoms with Crippen LogP contribution >= 0.6 is 0 Å². The molecule has 8 heteroatoms. The summed E-state index contributed by atoms with van der Waals surface area (Å²) in [5, 5.41) is 24.8. The van der Waals surface area contributed by atoms with E-state index in [4.69, 9.17) is 4.98 Å². The highest BCUT2D eigenvalue weighted by Crippen LogP contribution is 2.30. The maximum atomic E-state index is 5.06. The Balaban J connectivity index is 1.53. The molecule has 1 saturated heterocycles. The average Bonchev–Trinajstić information content (AvgIpc) is 3.24. The molecule has 2 atom stereocenters. The van der Waals surface area contributed by atoms with Crippen molar-refractivity contribution in [2.45, 2.75) is 39.8 Å². The number of aromatic amines is 1. The van der Waals surface area contributed by atoms with E-state index in [-0.39, 0.29) is 6.04 Å². The number of aromatic nitrogens is 5. The predicted octanol–water partition coefficient (Wildman–Crippen LogP) is 4.33. The molecule has 4 aromatic rings. The van der Waals surface area contributed by atoms with Gasteiger partial charge in [0.15, 0.2) is 17.5 Å². The molecule has 0 saturated carbocycles. The van der Waals surface area contributed by atoms with Crippen LogP contribution in [0, 0.1) is 12.8 Å². The van der Waals surface area contributed by atoms with Crippen LogP contribution in [0.1, 0.15) is 38.1 Å². The zero-order valence-corrected chi connectivity index (χ0v) is 20.2. The summed E-state index contributed by atoms with van der Waals surface area (Å²) >= 11 is 0. The molecule has 1 aliphatic heterocycles. The summed E-state index contributed by atoms with van der Waals surface area (Å²) in [5.41, 5.74) is 4.10. The maximum absolute atomic E-state index is 5.06. The molecule has 0 spiro atoms. The number of nitrogens with zero attached hydrogens (tertiary/aromatic N) is 5. The van der Waals surface area contributed by atoms with Crippen molar-refractivity contribution in [3.05, 3.63) is 59.8 Å². The smallest absolute Gasteiger partial charge is 0.192 e. The minimum atomic E-state index is 0.0793. The lowest BCUT2D eigenvalue weighted by atomic mass is 10.0. The van der Waals surface area contributed by atoms with Crippen LogP contribution in [0.15, 0.2) is 48.5 Å². The molecule has 8 nitrogen and oxygen atoms in total. The number of benzene rings is 2. The average molecular weight is 457 g/mol. The van der Waals surface area contributed by atoms with Crippen molar-refractivity contribution in [1.29, 1.82) is 0 Å². The molecule has 0 bridgehead atoms. The lowest BCUT2D eigenvalue weighted by molar-refractivity contribution is 0.367. The van der Waals surface area contributed by atoms with Crippen molar-refractivity contribution in [2.75, 3.05) is 29.9 Å². The number of H-pyrrole nitrogens is 1. The van der Waals surface area contributed by atoms with Gasteiger partial charge in [-0.2, -0.15) is 5.10 Å². The third-order valence-electron chi connectivity index (χ3n) is 6.63. The van der Waals surface area contributed by atoms with Crippen LogP contribution in [0.3, 0.4) is 0 Å². The molecule has 0 amide bonds. The maximum Gasteiger partial charge on any atom is 0.192 e. The Hall–Kier alpha value is -3.52. The minimum absolute atomic E-state index is 0.0793. The lowest BCUT2D eigenvalue weighted by Crippen LogP contribution is -2.53. The number of aryl methyl sites for hydroxylation is 1. The zero-order valence-electron chi connectivity index (χ0n) is 20.2. The second-order valence-corrected chi connectivity index (χ2v) is 9.42. The van der Waals surface area contributed by atoms with E-state index >= 15 is 0 Å². The molecule has 1 fully saturated rings. The van der Waals surface area contributed by atoms with E-state index < -0.39 is 0 Å². The molecule has 1 aliphatic rings. The van der Waals surface area contributed by atoms with Gasteiger partial charge in [-0.15, -0.1) is 10.2 Å². The minimum Gasteiger partial charge on any atom is -0.359 e. The number of fused-ring (bicyclic) bond motifs is 1. The van der Waals surface area contributed by atoms with Gasteiger partial charge in [0.25, 0.3) is 0 Å². The van der Waals surface area contributed by atoms with E-state index in [0.29, 0.717) is 23.6 Å². The summed E-state index contributed by atoms with van der Waals surface area (Å²) < 4.78 is 0. The molecule has 2 unspecified atom stereocenters. The van der Waals surface area contributed by atoms with Gasteiger partial charge in [0.1, 0.15) is 0 Å². The van der Waals surface area contributed by atoms with Crippen LogP contribution in [0.25, 0.3) is 22.3 Å². The Morgan fingerprint density at radius 2 is 1.88 bits per heavy atom. The van der Waals surface area contributed by atoms with Gasteiger partial charge in [-0.05, 0) is 43.5 Å². The van der Waals surface area contributed by atoms with E-state index in [1.807, 2.05) is 25.1 Å². The summed E-state index contributed by atoms with van der Waals surface area (Å²) in [7, 11) is 0. The van der Waals surface area contributed by atoms with Crippen molar-refractivity contribution in [2.24, 2.45) is 5.92 Å². The molecular formula is C26H32N8. The summed E-state index contributed by atoms with van der Waals surface area (Å²) in [6.07, 6.45) is 0. The van der Waals surface area contributed by atoms with Crippen LogP contribution < -0.4 is 15.5 Å². The third kappa shape index (κ3) is 4.46. The first-order valence-electron chi connectivity index (χ1n) is 12.0. The van der Waals surface area contributed by atoms with Gasteiger partial charge in [-0.3, -0.25) is 5.10 Å². The molecule has 2 aromatic carbocycles. The van der Waals surface area contributed by atoms with E-state index in [9.17, 15) is 0 Å². The molecular weight excluding hydrogens is 424 g/mol. The summed E-state index contributed by atoms with van der Waals surface area (Å²) in [5.74, 6) is 2.72. The number of anilines is 2. The first-order valence-corrected chi connectivity index (χ1v) is 12.0. The highest BCUT2D eigenvalue weighted by Gasteiger charge is 2.26. The van der Waals surface area contributed by atoms with Gasteiger partial charge in [0.05, 0.1) is 11.6 Å². The Labute approximate surface area is 200 Å². The fourth-order valence-corrected chi connectivity index (χ4v) is 4.48. The number of piperazine rings is 1. The van der Waals surface area contributed by atoms with Crippen LogP contribution in [-0.2, 0) is 0 Å². The summed E-state index contributed by atoms with van der Waals surface area (Å²) in [4.78, 5) is 7.39. The van der Waals surface area contributed by atoms with Crippen LogP contribution in [-0.4, -0.2) is 51.1 Å². The van der Waals surface area contributed by atoms with E-state index in [1.54, 1.807) is 0 Å². The highest BCUT2D eigenvalue weighted by molar-refractivity contribution is 5.85. The van der Waals surface area contributed by atoms with Crippen molar-refractivity contribution in [3.8, 4) is 11.4 Å². The molecule has 0 radical (unpaired) electrons.